The van der Waals surface area contributed by atoms with Gasteiger partial charge in [-0.25, -0.2) is 4.79 Å². The van der Waals surface area contributed by atoms with Crippen LogP contribution in [0.2, 0.25) is 0 Å². The van der Waals surface area contributed by atoms with Crippen molar-refractivity contribution >= 4 is 17.7 Å². The Morgan fingerprint density at radius 2 is 1.55 bits per heavy atom. The quantitative estimate of drug-likeness (QED) is 0.362. The van der Waals surface area contributed by atoms with E-state index in [4.69, 9.17) is 14.2 Å². The molecule has 0 unspecified atom stereocenters. The number of hydrogen-bond acceptors (Lipinski definition) is 6. The number of carbonyl (C=O) groups excluding carboxylic acids is 3. The maximum Gasteiger partial charge on any atom is 0.343 e. The summed E-state index contributed by atoms with van der Waals surface area (Å²) >= 11 is 0. The zero-order valence-corrected chi connectivity index (χ0v) is 17.9. The van der Waals surface area contributed by atoms with E-state index in [9.17, 15) is 14.4 Å². The molecular weight excluding hydrogens is 398 g/mol. The molecule has 1 amide bonds. The van der Waals surface area contributed by atoms with Gasteiger partial charge in [0, 0.05) is 18.7 Å². The lowest BCUT2D eigenvalue weighted by molar-refractivity contribution is -0.134. The summed E-state index contributed by atoms with van der Waals surface area (Å²) < 4.78 is 16.7. The van der Waals surface area contributed by atoms with E-state index in [1.54, 1.807) is 36.4 Å². The number of esters is 1. The molecule has 0 N–H and O–H groups in total. The molecule has 7 heteroatoms. The van der Waals surface area contributed by atoms with Gasteiger partial charge in [-0.15, -0.1) is 0 Å². The normalized spacial score (nSPS) is 13.4. The number of likely N-dealkylation sites (tertiary alicyclic amines) is 1. The first-order chi connectivity index (χ1) is 15.0. The smallest absolute Gasteiger partial charge is 0.343 e. The van der Waals surface area contributed by atoms with Gasteiger partial charge < -0.3 is 19.1 Å². The monoisotopic (exact) mass is 425 g/mol. The van der Waals surface area contributed by atoms with Crippen LogP contribution in [-0.2, 0) is 4.79 Å². The molecule has 0 radical (unpaired) electrons. The topological polar surface area (TPSA) is 82.1 Å². The van der Waals surface area contributed by atoms with Crippen molar-refractivity contribution < 1.29 is 28.6 Å². The minimum Gasteiger partial charge on any atom is -0.490 e. The Balaban J connectivity index is 1.66. The van der Waals surface area contributed by atoms with E-state index in [-0.39, 0.29) is 23.9 Å². The second-order valence-corrected chi connectivity index (χ2v) is 7.29. The van der Waals surface area contributed by atoms with Gasteiger partial charge in [-0.1, -0.05) is 0 Å². The van der Waals surface area contributed by atoms with Gasteiger partial charge >= 0.3 is 5.97 Å². The largest absolute Gasteiger partial charge is 0.490 e. The van der Waals surface area contributed by atoms with Gasteiger partial charge in [0.2, 0.25) is 0 Å². The number of nitrogens with zero attached hydrogens (tertiary/aromatic N) is 1. The average molecular weight is 425 g/mol. The molecule has 3 rings (SSSR count). The number of piperidine rings is 1. The van der Waals surface area contributed by atoms with Crippen molar-refractivity contribution in [3.05, 3.63) is 53.6 Å². The molecular formula is C24H27NO6. The molecule has 1 saturated heterocycles. The van der Waals surface area contributed by atoms with Crippen molar-refractivity contribution in [3.63, 3.8) is 0 Å². The third kappa shape index (κ3) is 6.07. The Kier molecular flexibility index (Phi) is 7.65. The Bertz CT molecular complexity index is 932. The van der Waals surface area contributed by atoms with E-state index in [1.165, 1.54) is 13.0 Å². The number of benzene rings is 2. The summed E-state index contributed by atoms with van der Waals surface area (Å²) in [4.78, 5) is 38.0. The second kappa shape index (κ2) is 10.6. The Labute approximate surface area is 181 Å². The highest BCUT2D eigenvalue weighted by Gasteiger charge is 2.19. The average Bonchev–Trinajstić information content (AvgIpc) is 2.79. The lowest BCUT2D eigenvalue weighted by Crippen LogP contribution is -2.38. The molecule has 31 heavy (non-hydrogen) atoms. The van der Waals surface area contributed by atoms with Crippen LogP contribution in [0.1, 0.15) is 53.8 Å². The van der Waals surface area contributed by atoms with Crippen molar-refractivity contribution in [2.45, 2.75) is 33.1 Å². The fraction of sp³-hybridized carbons (Fsp3) is 0.375. The molecule has 7 nitrogen and oxygen atoms in total. The first-order valence-corrected chi connectivity index (χ1v) is 10.5. The zero-order valence-electron chi connectivity index (χ0n) is 17.9. The molecule has 2 aromatic carbocycles. The van der Waals surface area contributed by atoms with E-state index in [2.05, 4.69) is 0 Å². The molecule has 1 aliphatic rings. The predicted octanol–water partition coefficient (Wildman–Crippen LogP) is 3.90. The molecule has 0 bridgehead atoms. The number of Topliss-reactive ketones (excluding diaryl/α,β-unsaturated/α-hetero) is 1. The molecule has 2 aromatic rings. The number of ketones is 1. The van der Waals surface area contributed by atoms with Crippen molar-refractivity contribution in [1.82, 2.24) is 4.90 Å². The van der Waals surface area contributed by atoms with Gasteiger partial charge in [-0.05, 0) is 75.6 Å². The molecule has 0 aliphatic carbocycles. The lowest BCUT2D eigenvalue weighted by Gasteiger charge is -2.26. The number of amides is 1. The van der Waals surface area contributed by atoms with Crippen LogP contribution >= 0.6 is 0 Å². The SMILES string of the molecule is CCOc1cc(C(=O)Oc2ccc(C(C)=O)cc2)ccc1OCC(=O)N1CCCCC1. The van der Waals surface area contributed by atoms with Crippen LogP contribution < -0.4 is 14.2 Å². The van der Waals surface area contributed by atoms with Gasteiger partial charge in [-0.2, -0.15) is 0 Å². The second-order valence-electron chi connectivity index (χ2n) is 7.29. The Hall–Kier alpha value is -3.35. The predicted molar refractivity (Wildman–Crippen MR) is 115 cm³/mol. The summed E-state index contributed by atoms with van der Waals surface area (Å²) in [5.41, 5.74) is 0.827. The molecule has 0 saturated carbocycles. The van der Waals surface area contributed by atoms with Crippen molar-refractivity contribution in [2.75, 3.05) is 26.3 Å². The van der Waals surface area contributed by atoms with E-state index >= 15 is 0 Å². The molecule has 1 fully saturated rings. The molecule has 1 heterocycles. The van der Waals surface area contributed by atoms with Crippen LogP contribution in [0, 0.1) is 0 Å². The van der Waals surface area contributed by atoms with E-state index < -0.39 is 5.97 Å². The van der Waals surface area contributed by atoms with Gasteiger partial charge in [0.05, 0.1) is 12.2 Å². The maximum absolute atomic E-state index is 12.5. The fourth-order valence-electron chi connectivity index (χ4n) is 3.32. The molecule has 164 valence electrons. The van der Waals surface area contributed by atoms with E-state index in [0.717, 1.165) is 32.4 Å². The van der Waals surface area contributed by atoms with Gasteiger partial charge in [0.25, 0.3) is 5.91 Å². The summed E-state index contributed by atoms with van der Waals surface area (Å²) in [6.07, 6.45) is 3.19. The first-order valence-electron chi connectivity index (χ1n) is 10.5. The third-order valence-electron chi connectivity index (χ3n) is 5.01. The summed E-state index contributed by atoms with van der Waals surface area (Å²) in [6.45, 7) is 5.12. The zero-order chi connectivity index (χ0) is 22.2. The number of rotatable bonds is 8. The van der Waals surface area contributed by atoms with Gasteiger partial charge in [-0.3, -0.25) is 9.59 Å². The fourth-order valence-corrected chi connectivity index (χ4v) is 3.32. The number of carbonyl (C=O) groups is 3. The Morgan fingerprint density at radius 3 is 2.19 bits per heavy atom. The summed E-state index contributed by atoms with van der Waals surface area (Å²) in [7, 11) is 0. The molecule has 1 aliphatic heterocycles. The minimum atomic E-state index is -0.563. The van der Waals surface area contributed by atoms with Crippen LogP contribution in [-0.4, -0.2) is 48.9 Å². The van der Waals surface area contributed by atoms with Crippen LogP contribution in [0.3, 0.4) is 0 Å². The molecule has 0 spiro atoms. The van der Waals surface area contributed by atoms with Gasteiger partial charge in [0.15, 0.2) is 23.9 Å². The standard InChI is InChI=1S/C24H27NO6/c1-3-29-22-15-19(24(28)31-20-10-7-18(8-11-20)17(2)26)9-12-21(22)30-16-23(27)25-13-5-4-6-14-25/h7-12,15H,3-6,13-14,16H2,1-2H3. The lowest BCUT2D eigenvalue weighted by atomic mass is 10.1. The van der Waals surface area contributed by atoms with Crippen LogP contribution in [0.25, 0.3) is 0 Å². The first kappa shape index (κ1) is 22.3. The highest BCUT2D eigenvalue weighted by Crippen LogP contribution is 2.29. The summed E-state index contributed by atoms with van der Waals surface area (Å²) in [5.74, 6) is 0.422. The number of ether oxygens (including phenoxy) is 3. The highest BCUT2D eigenvalue weighted by atomic mass is 16.5. The van der Waals surface area contributed by atoms with Crippen LogP contribution in [0.4, 0.5) is 0 Å². The van der Waals surface area contributed by atoms with Gasteiger partial charge in [0.1, 0.15) is 5.75 Å². The van der Waals surface area contributed by atoms with E-state index in [1.807, 2.05) is 11.8 Å². The number of hydrogen-bond donors (Lipinski definition) is 0. The third-order valence-corrected chi connectivity index (χ3v) is 5.01. The minimum absolute atomic E-state index is 0.0559. The van der Waals surface area contributed by atoms with Crippen LogP contribution in [0.5, 0.6) is 17.2 Å². The van der Waals surface area contributed by atoms with Crippen molar-refractivity contribution in [3.8, 4) is 17.2 Å². The summed E-state index contributed by atoms with van der Waals surface area (Å²) in [5, 5.41) is 0. The van der Waals surface area contributed by atoms with E-state index in [0.29, 0.717) is 29.4 Å². The highest BCUT2D eigenvalue weighted by molar-refractivity contribution is 5.94. The molecule has 0 aromatic heterocycles. The summed E-state index contributed by atoms with van der Waals surface area (Å²) in [6, 6.07) is 11.1. The van der Waals surface area contributed by atoms with Crippen molar-refractivity contribution in [2.24, 2.45) is 0 Å². The van der Waals surface area contributed by atoms with Crippen LogP contribution in [0.15, 0.2) is 42.5 Å². The maximum atomic E-state index is 12.5. The Morgan fingerprint density at radius 1 is 0.871 bits per heavy atom. The molecule has 0 atom stereocenters. The van der Waals surface area contributed by atoms with Crippen molar-refractivity contribution in [1.29, 1.82) is 0 Å².